The summed E-state index contributed by atoms with van der Waals surface area (Å²) in [7, 11) is 1.60. The third-order valence-electron chi connectivity index (χ3n) is 3.36. The first-order valence-corrected chi connectivity index (χ1v) is 7.40. The number of nitrogens with zero attached hydrogens (tertiary/aromatic N) is 4. The Morgan fingerprint density at radius 2 is 1.86 bits per heavy atom. The van der Waals surface area contributed by atoms with Crippen LogP contribution in [0.15, 0.2) is 6.20 Å². The molecule has 1 aliphatic rings. The Balaban J connectivity index is 1.94. The van der Waals surface area contributed by atoms with Gasteiger partial charge in [0.1, 0.15) is 5.60 Å². The number of amides is 1. The van der Waals surface area contributed by atoms with Gasteiger partial charge in [-0.05, 0) is 27.7 Å². The second-order valence-electron chi connectivity index (χ2n) is 6.28. The van der Waals surface area contributed by atoms with Crippen molar-refractivity contribution in [2.75, 3.05) is 38.2 Å². The molecule has 122 valence electrons. The molecule has 1 amide bonds. The zero-order valence-corrected chi connectivity index (χ0v) is 13.9. The van der Waals surface area contributed by atoms with Gasteiger partial charge in [0.25, 0.3) is 0 Å². The summed E-state index contributed by atoms with van der Waals surface area (Å²) >= 11 is 0. The van der Waals surface area contributed by atoms with Gasteiger partial charge in [-0.25, -0.2) is 14.8 Å². The van der Waals surface area contributed by atoms with Crippen molar-refractivity contribution in [1.82, 2.24) is 14.9 Å². The number of carbonyl (C=O) groups excluding carboxylic acids is 1. The highest BCUT2D eigenvalue weighted by Crippen LogP contribution is 2.19. The first kappa shape index (κ1) is 16.3. The van der Waals surface area contributed by atoms with E-state index in [1.54, 1.807) is 18.2 Å². The molecule has 0 aromatic carbocycles. The molecule has 22 heavy (non-hydrogen) atoms. The summed E-state index contributed by atoms with van der Waals surface area (Å²) in [5.41, 5.74) is 0.340. The number of methoxy groups -OCH3 is 1. The summed E-state index contributed by atoms with van der Waals surface area (Å²) in [6.45, 7) is 10.1. The molecular formula is C15H24N4O3. The van der Waals surface area contributed by atoms with Crippen LogP contribution in [0.5, 0.6) is 5.75 Å². The maximum atomic E-state index is 12.0. The summed E-state index contributed by atoms with van der Waals surface area (Å²) in [5, 5.41) is 0. The van der Waals surface area contributed by atoms with Crippen molar-refractivity contribution in [1.29, 1.82) is 0 Å². The van der Waals surface area contributed by atoms with E-state index in [1.807, 2.05) is 27.7 Å². The predicted molar refractivity (Wildman–Crippen MR) is 83.3 cm³/mol. The highest BCUT2D eigenvalue weighted by Gasteiger charge is 2.26. The standard InChI is InChI=1S/C15H24N4O3/c1-11-12(21-5)10-16-13(17-11)18-6-8-19(9-7-18)14(20)22-15(2,3)4/h10H,6-9H2,1-5H3. The lowest BCUT2D eigenvalue weighted by atomic mass is 10.2. The summed E-state index contributed by atoms with van der Waals surface area (Å²) in [5.74, 6) is 1.35. The Morgan fingerprint density at radius 1 is 1.23 bits per heavy atom. The lowest BCUT2D eigenvalue weighted by molar-refractivity contribution is 0.0240. The van der Waals surface area contributed by atoms with Crippen LogP contribution in [0, 0.1) is 6.92 Å². The molecule has 0 unspecified atom stereocenters. The van der Waals surface area contributed by atoms with Gasteiger partial charge in [0.05, 0.1) is 19.0 Å². The van der Waals surface area contributed by atoms with Crippen LogP contribution < -0.4 is 9.64 Å². The van der Waals surface area contributed by atoms with Crippen molar-refractivity contribution >= 4 is 12.0 Å². The molecule has 0 bridgehead atoms. The third-order valence-corrected chi connectivity index (χ3v) is 3.36. The fraction of sp³-hybridized carbons (Fsp3) is 0.667. The average Bonchev–Trinajstić information content (AvgIpc) is 2.45. The number of rotatable bonds is 2. The Labute approximate surface area is 131 Å². The average molecular weight is 308 g/mol. The molecule has 0 saturated carbocycles. The van der Waals surface area contributed by atoms with Gasteiger partial charge in [0.2, 0.25) is 5.95 Å². The quantitative estimate of drug-likeness (QED) is 0.830. The van der Waals surface area contributed by atoms with E-state index >= 15 is 0 Å². The summed E-state index contributed by atoms with van der Waals surface area (Å²) in [4.78, 5) is 24.6. The van der Waals surface area contributed by atoms with Crippen molar-refractivity contribution < 1.29 is 14.3 Å². The van der Waals surface area contributed by atoms with Crippen LogP contribution in [0.1, 0.15) is 26.5 Å². The molecule has 7 heteroatoms. The first-order chi connectivity index (χ1) is 10.3. The van der Waals surface area contributed by atoms with Crippen molar-refractivity contribution in [3.05, 3.63) is 11.9 Å². The first-order valence-electron chi connectivity index (χ1n) is 7.40. The summed E-state index contributed by atoms with van der Waals surface area (Å²) < 4.78 is 10.6. The summed E-state index contributed by atoms with van der Waals surface area (Å²) in [6.07, 6.45) is 1.41. The van der Waals surface area contributed by atoms with Crippen LogP contribution in [0.3, 0.4) is 0 Å². The molecule has 1 aromatic heterocycles. The molecule has 1 saturated heterocycles. The van der Waals surface area contributed by atoms with Crippen molar-refractivity contribution in [2.24, 2.45) is 0 Å². The van der Waals surface area contributed by atoms with Crippen LogP contribution in [-0.2, 0) is 4.74 Å². The number of anilines is 1. The normalized spacial score (nSPS) is 15.7. The Morgan fingerprint density at radius 3 is 2.36 bits per heavy atom. The second-order valence-corrected chi connectivity index (χ2v) is 6.28. The largest absolute Gasteiger partial charge is 0.493 e. The molecular weight excluding hydrogens is 284 g/mol. The Kier molecular flexibility index (Phi) is 4.73. The zero-order valence-electron chi connectivity index (χ0n) is 13.9. The SMILES string of the molecule is COc1cnc(N2CCN(C(=O)OC(C)(C)C)CC2)nc1C. The minimum atomic E-state index is -0.468. The van der Waals surface area contributed by atoms with Crippen LogP contribution >= 0.6 is 0 Å². The van der Waals surface area contributed by atoms with E-state index in [9.17, 15) is 4.79 Å². The number of ether oxygens (including phenoxy) is 2. The van der Waals surface area contributed by atoms with E-state index in [4.69, 9.17) is 9.47 Å². The topological polar surface area (TPSA) is 67.8 Å². The Bertz CT molecular complexity index is 534. The second kappa shape index (κ2) is 6.37. The van der Waals surface area contributed by atoms with E-state index in [-0.39, 0.29) is 6.09 Å². The van der Waals surface area contributed by atoms with Crippen LogP contribution in [0.25, 0.3) is 0 Å². The molecule has 7 nitrogen and oxygen atoms in total. The predicted octanol–water partition coefficient (Wildman–Crippen LogP) is 1.85. The summed E-state index contributed by atoms with van der Waals surface area (Å²) in [6, 6.07) is 0. The van der Waals surface area contributed by atoms with Gasteiger partial charge >= 0.3 is 6.09 Å². The van der Waals surface area contributed by atoms with Gasteiger partial charge < -0.3 is 19.3 Å². The van der Waals surface area contributed by atoms with Crippen molar-refractivity contribution in [2.45, 2.75) is 33.3 Å². The van der Waals surface area contributed by atoms with Gasteiger partial charge in [0, 0.05) is 26.2 Å². The van der Waals surface area contributed by atoms with Gasteiger partial charge in [-0.3, -0.25) is 0 Å². The van der Waals surface area contributed by atoms with E-state index in [0.717, 1.165) is 5.69 Å². The lowest BCUT2D eigenvalue weighted by Crippen LogP contribution is -2.50. The van der Waals surface area contributed by atoms with Crippen molar-refractivity contribution in [3.63, 3.8) is 0 Å². The molecule has 0 spiro atoms. The molecule has 1 fully saturated rings. The van der Waals surface area contributed by atoms with Gasteiger partial charge in [-0.15, -0.1) is 0 Å². The molecule has 1 aliphatic heterocycles. The van der Waals surface area contributed by atoms with E-state index in [2.05, 4.69) is 14.9 Å². The fourth-order valence-corrected chi connectivity index (χ4v) is 2.21. The number of aryl methyl sites for hydroxylation is 1. The molecule has 0 N–H and O–H groups in total. The minimum Gasteiger partial charge on any atom is -0.493 e. The fourth-order valence-electron chi connectivity index (χ4n) is 2.21. The van der Waals surface area contributed by atoms with Gasteiger partial charge in [-0.1, -0.05) is 0 Å². The van der Waals surface area contributed by atoms with Gasteiger partial charge in [-0.2, -0.15) is 0 Å². The highest BCUT2D eigenvalue weighted by atomic mass is 16.6. The van der Waals surface area contributed by atoms with Crippen LogP contribution in [0.2, 0.25) is 0 Å². The zero-order chi connectivity index (χ0) is 16.3. The molecule has 2 rings (SSSR count). The van der Waals surface area contributed by atoms with E-state index in [1.165, 1.54) is 0 Å². The van der Waals surface area contributed by atoms with Crippen LogP contribution in [0.4, 0.5) is 10.7 Å². The smallest absolute Gasteiger partial charge is 0.410 e. The third kappa shape index (κ3) is 3.99. The molecule has 0 radical (unpaired) electrons. The number of piperazine rings is 1. The Hall–Kier alpha value is -2.05. The molecule has 0 aliphatic carbocycles. The van der Waals surface area contributed by atoms with E-state index in [0.29, 0.717) is 37.9 Å². The number of hydrogen-bond acceptors (Lipinski definition) is 6. The molecule has 0 atom stereocenters. The molecule has 2 heterocycles. The van der Waals surface area contributed by atoms with Gasteiger partial charge in [0.15, 0.2) is 5.75 Å². The number of carbonyl (C=O) groups is 1. The number of hydrogen-bond donors (Lipinski definition) is 0. The monoisotopic (exact) mass is 308 g/mol. The minimum absolute atomic E-state index is 0.265. The van der Waals surface area contributed by atoms with Crippen LogP contribution in [-0.4, -0.2) is 59.9 Å². The maximum Gasteiger partial charge on any atom is 0.410 e. The maximum absolute atomic E-state index is 12.0. The highest BCUT2D eigenvalue weighted by molar-refractivity contribution is 5.68. The lowest BCUT2D eigenvalue weighted by Gasteiger charge is -2.35. The van der Waals surface area contributed by atoms with Crippen molar-refractivity contribution in [3.8, 4) is 5.75 Å². The van der Waals surface area contributed by atoms with E-state index < -0.39 is 5.60 Å². The number of aromatic nitrogens is 2. The molecule has 1 aromatic rings.